The van der Waals surface area contributed by atoms with Crippen molar-refractivity contribution in [2.75, 3.05) is 6.61 Å². The summed E-state index contributed by atoms with van der Waals surface area (Å²) in [6.07, 6.45) is 1.71. The van der Waals surface area contributed by atoms with Gasteiger partial charge in [-0.25, -0.2) is 0 Å². The van der Waals surface area contributed by atoms with E-state index >= 15 is 0 Å². The Morgan fingerprint density at radius 2 is 2.07 bits per heavy atom. The third-order valence-corrected chi connectivity index (χ3v) is 8.49. The molecule has 0 unspecified atom stereocenters. The zero-order chi connectivity index (χ0) is 20.2. The van der Waals surface area contributed by atoms with E-state index in [-0.39, 0.29) is 10.8 Å². The van der Waals surface area contributed by atoms with Gasteiger partial charge >= 0.3 is 0 Å². The van der Waals surface area contributed by atoms with Gasteiger partial charge in [-0.15, -0.1) is 26.3 Å². The van der Waals surface area contributed by atoms with E-state index < -0.39 is 19.4 Å². The molecule has 2 aromatic heterocycles. The third-order valence-electron chi connectivity index (χ3n) is 3.99. The molecule has 2 aromatic rings. The molecule has 6 nitrogen and oxygen atoms in total. The van der Waals surface area contributed by atoms with E-state index in [9.17, 15) is 4.55 Å². The lowest BCUT2D eigenvalue weighted by Gasteiger charge is -2.26. The molecule has 0 spiro atoms. The van der Waals surface area contributed by atoms with Crippen LogP contribution in [0.25, 0.3) is 11.4 Å². The second kappa shape index (κ2) is 9.19. The lowest BCUT2D eigenvalue weighted by Crippen LogP contribution is -2.40. The summed E-state index contributed by atoms with van der Waals surface area (Å²) in [6.45, 7) is 16.2. The van der Waals surface area contributed by atoms with E-state index in [1.54, 1.807) is 17.7 Å². The van der Waals surface area contributed by atoms with Crippen molar-refractivity contribution in [1.82, 2.24) is 19.5 Å². The highest BCUT2D eigenvalue weighted by molar-refractivity contribution is 7.90. The molecule has 0 aliphatic heterocycles. The van der Waals surface area contributed by atoms with Crippen molar-refractivity contribution >= 4 is 30.8 Å². The fraction of sp³-hybridized carbons (Fsp3) is 0.667. The van der Waals surface area contributed by atoms with Crippen LogP contribution in [-0.4, -0.2) is 38.7 Å². The topological polar surface area (TPSA) is 75.0 Å². The van der Waals surface area contributed by atoms with Crippen molar-refractivity contribution in [2.24, 2.45) is 0 Å². The van der Waals surface area contributed by atoms with E-state index in [2.05, 4.69) is 46.0 Å². The molecule has 2 rings (SSSR count). The van der Waals surface area contributed by atoms with Crippen molar-refractivity contribution in [3.8, 4) is 11.4 Å². The van der Waals surface area contributed by atoms with Crippen LogP contribution in [0.4, 0.5) is 0 Å². The minimum atomic E-state index is -1.11. The van der Waals surface area contributed by atoms with E-state index in [4.69, 9.17) is 4.74 Å². The number of ether oxygens (including phenoxy) is 1. The number of rotatable bonds is 9. The van der Waals surface area contributed by atoms with Gasteiger partial charge in [0.15, 0.2) is 5.82 Å². The van der Waals surface area contributed by atoms with Crippen LogP contribution in [0, 0.1) is 0 Å². The highest BCUT2D eigenvalue weighted by atomic mass is 32.2. The first-order chi connectivity index (χ1) is 12.5. The van der Waals surface area contributed by atoms with Gasteiger partial charge in [0.1, 0.15) is 17.8 Å². The molecule has 0 fully saturated rings. The van der Waals surface area contributed by atoms with E-state index in [0.717, 1.165) is 28.9 Å². The van der Waals surface area contributed by atoms with Crippen molar-refractivity contribution in [1.29, 1.82) is 0 Å². The summed E-state index contributed by atoms with van der Waals surface area (Å²) in [7, 11) is -1.09. The summed E-state index contributed by atoms with van der Waals surface area (Å²) in [5, 5.41) is 10.4. The molecule has 152 valence electrons. The molecular weight excluding hydrogens is 396 g/mol. The quantitative estimate of drug-likeness (QED) is 0.363. The SMILES string of the molecule is C[C@@H](N[S@+]([O-])C(C)(C)C)c1cc(-c2nncn2COCC[Si](C)(C)C)cs1. The predicted molar refractivity (Wildman–Crippen MR) is 117 cm³/mol. The van der Waals surface area contributed by atoms with Crippen molar-refractivity contribution in [3.05, 3.63) is 22.7 Å². The molecule has 0 radical (unpaired) electrons. The van der Waals surface area contributed by atoms with Gasteiger partial charge in [0, 0.05) is 41.9 Å². The van der Waals surface area contributed by atoms with Crippen LogP contribution in [0.2, 0.25) is 25.7 Å². The summed E-state index contributed by atoms with van der Waals surface area (Å²) in [5.74, 6) is 0.801. The number of aromatic nitrogens is 3. The molecule has 9 heteroatoms. The van der Waals surface area contributed by atoms with Gasteiger partial charge in [0.2, 0.25) is 0 Å². The van der Waals surface area contributed by atoms with Crippen LogP contribution in [-0.2, 0) is 22.8 Å². The lowest BCUT2D eigenvalue weighted by molar-refractivity contribution is 0.0880. The number of hydrogen-bond donors (Lipinski definition) is 1. The monoisotopic (exact) mass is 428 g/mol. The molecule has 2 heterocycles. The van der Waals surface area contributed by atoms with Crippen LogP contribution in [0.3, 0.4) is 0 Å². The standard InChI is InChI=1S/C18H32N4O2S2Si/c1-14(21-26(23)18(2,3)4)16-10-15(11-25-16)17-20-19-12-22(17)13-24-8-9-27(5,6)7/h10-12,14,21H,8-9,13H2,1-7H3/t14-,26-/m1/s1. The Bertz CT molecular complexity index is 722. The molecule has 2 atom stereocenters. The van der Waals surface area contributed by atoms with Crippen LogP contribution in [0.15, 0.2) is 17.8 Å². The largest absolute Gasteiger partial charge is 0.598 e. The molecule has 1 N–H and O–H groups in total. The summed E-state index contributed by atoms with van der Waals surface area (Å²) in [4.78, 5) is 1.12. The van der Waals surface area contributed by atoms with Crippen LogP contribution in [0.1, 0.15) is 38.6 Å². The molecule has 0 aliphatic rings. The first-order valence-electron chi connectivity index (χ1n) is 9.20. The molecular formula is C18H32N4O2S2Si. The molecule has 0 aromatic carbocycles. The minimum absolute atomic E-state index is 0.00757. The zero-order valence-electron chi connectivity index (χ0n) is 17.4. The predicted octanol–water partition coefficient (Wildman–Crippen LogP) is 4.43. The molecule has 0 aliphatic carbocycles. The van der Waals surface area contributed by atoms with Gasteiger partial charge in [-0.3, -0.25) is 4.57 Å². The summed E-state index contributed by atoms with van der Waals surface area (Å²) < 4.78 is 23.0. The second-order valence-corrected chi connectivity index (χ2v) is 17.5. The zero-order valence-corrected chi connectivity index (χ0v) is 20.0. The Hall–Kier alpha value is -0.713. The Morgan fingerprint density at radius 3 is 2.70 bits per heavy atom. The summed E-state index contributed by atoms with van der Waals surface area (Å²) in [6, 6.07) is 3.24. The Morgan fingerprint density at radius 1 is 1.37 bits per heavy atom. The third kappa shape index (κ3) is 6.99. The van der Waals surface area contributed by atoms with Crippen molar-refractivity contribution in [2.45, 2.75) is 70.9 Å². The molecule has 27 heavy (non-hydrogen) atoms. The van der Waals surface area contributed by atoms with Crippen LogP contribution < -0.4 is 4.72 Å². The smallest absolute Gasteiger partial charge is 0.166 e. The molecule has 0 saturated carbocycles. The van der Waals surface area contributed by atoms with Crippen molar-refractivity contribution in [3.63, 3.8) is 0 Å². The number of nitrogens with one attached hydrogen (secondary N) is 1. The van der Waals surface area contributed by atoms with Gasteiger partial charge in [-0.1, -0.05) is 19.6 Å². The van der Waals surface area contributed by atoms with Gasteiger partial charge in [-0.2, -0.15) is 0 Å². The maximum Gasteiger partial charge on any atom is 0.166 e. The summed E-state index contributed by atoms with van der Waals surface area (Å²) in [5.41, 5.74) is 1.01. The fourth-order valence-corrected chi connectivity index (χ4v) is 4.73. The van der Waals surface area contributed by atoms with E-state index in [1.165, 1.54) is 0 Å². The van der Waals surface area contributed by atoms with Crippen molar-refractivity contribution < 1.29 is 9.29 Å². The Kier molecular flexibility index (Phi) is 7.68. The Balaban J connectivity index is 1.99. The minimum Gasteiger partial charge on any atom is -0.598 e. The normalized spacial score (nSPS) is 15.1. The average molecular weight is 429 g/mol. The maximum absolute atomic E-state index is 12.3. The number of nitrogens with zero attached hydrogens (tertiary/aromatic N) is 3. The van der Waals surface area contributed by atoms with Crippen LogP contribution in [0.5, 0.6) is 0 Å². The highest BCUT2D eigenvalue weighted by Gasteiger charge is 2.28. The van der Waals surface area contributed by atoms with Gasteiger partial charge in [0.25, 0.3) is 0 Å². The van der Waals surface area contributed by atoms with Gasteiger partial charge in [0.05, 0.1) is 6.04 Å². The average Bonchev–Trinajstić information content (AvgIpc) is 3.18. The van der Waals surface area contributed by atoms with Crippen LogP contribution >= 0.6 is 11.3 Å². The number of thiophene rings is 1. The molecule has 0 bridgehead atoms. The van der Waals surface area contributed by atoms with E-state index in [1.807, 2.05) is 32.3 Å². The second-order valence-electron chi connectivity index (χ2n) is 8.93. The first-order valence-corrected chi connectivity index (χ1v) is 14.9. The summed E-state index contributed by atoms with van der Waals surface area (Å²) >= 11 is 0.530. The fourth-order valence-electron chi connectivity index (χ4n) is 2.21. The highest BCUT2D eigenvalue weighted by Crippen LogP contribution is 2.29. The molecule has 0 saturated heterocycles. The molecule has 0 amide bonds. The van der Waals surface area contributed by atoms with Gasteiger partial charge in [-0.05, 0) is 39.8 Å². The maximum atomic E-state index is 12.3. The van der Waals surface area contributed by atoms with E-state index in [0.29, 0.717) is 6.73 Å². The number of hydrogen-bond acceptors (Lipinski definition) is 6. The lowest BCUT2D eigenvalue weighted by atomic mass is 10.2. The van der Waals surface area contributed by atoms with Gasteiger partial charge < -0.3 is 9.29 Å². The first kappa shape index (κ1) is 22.6. The Labute approximate surface area is 171 Å².